The highest BCUT2D eigenvalue weighted by molar-refractivity contribution is 5.49. The van der Waals surface area contributed by atoms with Crippen LogP contribution in [0.2, 0.25) is 0 Å². The molecule has 0 amide bonds. The molecule has 6 nitrogen and oxygen atoms in total. The lowest BCUT2D eigenvalue weighted by molar-refractivity contribution is 0.577. The van der Waals surface area contributed by atoms with E-state index in [4.69, 9.17) is 5.73 Å². The summed E-state index contributed by atoms with van der Waals surface area (Å²) in [5, 5.41) is 7.60. The summed E-state index contributed by atoms with van der Waals surface area (Å²) in [6.45, 7) is 5.97. The van der Waals surface area contributed by atoms with Gasteiger partial charge in [-0.3, -0.25) is 4.68 Å². The minimum Gasteiger partial charge on any atom is -0.370 e. The maximum Gasteiger partial charge on any atom is 0.222 e. The van der Waals surface area contributed by atoms with E-state index in [1.165, 1.54) is 0 Å². The summed E-state index contributed by atoms with van der Waals surface area (Å²) in [4.78, 5) is 8.64. The minimum atomic E-state index is 0.335. The number of nitrogens with one attached hydrogen (secondary N) is 1. The molecule has 0 spiro atoms. The number of aromatic nitrogens is 4. The number of hydrogen-bond donors (Lipinski definition) is 2. The van der Waals surface area contributed by atoms with Crippen molar-refractivity contribution >= 4 is 11.8 Å². The maximum absolute atomic E-state index is 5.76. The van der Waals surface area contributed by atoms with Crippen molar-refractivity contribution in [3.05, 3.63) is 29.7 Å². The molecule has 0 aliphatic carbocycles. The molecule has 2 rings (SSSR count). The number of anilines is 2. The number of nitrogens with two attached hydrogens (primary N) is 1. The van der Waals surface area contributed by atoms with Gasteiger partial charge in [-0.25, -0.2) is 4.98 Å². The predicted molar refractivity (Wildman–Crippen MR) is 85.1 cm³/mol. The van der Waals surface area contributed by atoms with Crippen molar-refractivity contribution in [3.8, 4) is 0 Å². The summed E-state index contributed by atoms with van der Waals surface area (Å²) in [5.74, 6) is 1.22. The summed E-state index contributed by atoms with van der Waals surface area (Å²) >= 11 is 0. The van der Waals surface area contributed by atoms with Crippen molar-refractivity contribution in [2.45, 2.75) is 46.1 Å². The fraction of sp³-hybridized carbons (Fsp3) is 0.533. The third kappa shape index (κ3) is 4.44. The molecule has 6 heteroatoms. The second-order valence-electron chi connectivity index (χ2n) is 5.15. The molecule has 0 aliphatic heterocycles. The van der Waals surface area contributed by atoms with E-state index in [-0.39, 0.29) is 0 Å². The second-order valence-corrected chi connectivity index (χ2v) is 5.15. The smallest absolute Gasteiger partial charge is 0.222 e. The summed E-state index contributed by atoms with van der Waals surface area (Å²) in [5.41, 5.74) is 7.88. The van der Waals surface area contributed by atoms with Crippen molar-refractivity contribution in [2.75, 3.05) is 17.6 Å². The summed E-state index contributed by atoms with van der Waals surface area (Å²) in [7, 11) is 0. The molecule has 114 valence electrons. The first-order valence-electron chi connectivity index (χ1n) is 7.55. The van der Waals surface area contributed by atoms with E-state index in [0.29, 0.717) is 5.95 Å². The lowest BCUT2D eigenvalue weighted by Crippen LogP contribution is -2.12. The zero-order valence-corrected chi connectivity index (χ0v) is 12.8. The summed E-state index contributed by atoms with van der Waals surface area (Å²) in [6, 6.07) is 1.94. The van der Waals surface area contributed by atoms with E-state index < -0.39 is 0 Å². The first-order chi connectivity index (χ1) is 10.2. The standard InChI is InChI=1S/C15H24N6/c1-3-4-8-17-14-13(12(2)19-15(16)20-14)7-5-10-21-11-6-9-18-21/h6,9,11H,3-5,7-8,10H2,1-2H3,(H3,16,17,19,20). The van der Waals surface area contributed by atoms with Crippen LogP contribution in [0.1, 0.15) is 37.4 Å². The fourth-order valence-electron chi connectivity index (χ4n) is 2.30. The van der Waals surface area contributed by atoms with E-state index in [0.717, 1.165) is 55.8 Å². The Kier molecular flexibility index (Phi) is 5.54. The van der Waals surface area contributed by atoms with Gasteiger partial charge in [0.15, 0.2) is 0 Å². The van der Waals surface area contributed by atoms with Gasteiger partial charge in [0.05, 0.1) is 0 Å². The first kappa shape index (κ1) is 15.3. The lowest BCUT2D eigenvalue weighted by Gasteiger charge is -2.13. The molecule has 21 heavy (non-hydrogen) atoms. The van der Waals surface area contributed by atoms with Gasteiger partial charge in [-0.2, -0.15) is 10.1 Å². The van der Waals surface area contributed by atoms with Crippen LogP contribution in [0.3, 0.4) is 0 Å². The average Bonchev–Trinajstić information content (AvgIpc) is 2.95. The van der Waals surface area contributed by atoms with Crippen LogP contribution in [-0.2, 0) is 13.0 Å². The van der Waals surface area contributed by atoms with Crippen LogP contribution in [-0.4, -0.2) is 26.3 Å². The van der Waals surface area contributed by atoms with Crippen LogP contribution in [0, 0.1) is 6.92 Å². The van der Waals surface area contributed by atoms with Gasteiger partial charge in [0.1, 0.15) is 5.82 Å². The third-order valence-corrected chi connectivity index (χ3v) is 3.43. The highest BCUT2D eigenvalue weighted by atomic mass is 15.3. The van der Waals surface area contributed by atoms with E-state index in [1.807, 2.05) is 23.9 Å². The number of rotatable bonds is 8. The van der Waals surface area contributed by atoms with Gasteiger partial charge in [0.2, 0.25) is 5.95 Å². The molecule has 0 aromatic carbocycles. The van der Waals surface area contributed by atoms with Crippen molar-refractivity contribution in [1.82, 2.24) is 19.7 Å². The Morgan fingerprint density at radius 3 is 2.86 bits per heavy atom. The summed E-state index contributed by atoms with van der Waals surface area (Å²) < 4.78 is 1.94. The molecule has 0 radical (unpaired) electrons. The van der Waals surface area contributed by atoms with Crippen molar-refractivity contribution in [3.63, 3.8) is 0 Å². The first-order valence-corrected chi connectivity index (χ1v) is 7.55. The number of nitrogen functional groups attached to an aromatic ring is 1. The van der Waals surface area contributed by atoms with Crippen LogP contribution < -0.4 is 11.1 Å². The van der Waals surface area contributed by atoms with Crippen LogP contribution in [0.4, 0.5) is 11.8 Å². The highest BCUT2D eigenvalue weighted by Crippen LogP contribution is 2.19. The molecule has 0 fully saturated rings. The molecular weight excluding hydrogens is 264 g/mol. The van der Waals surface area contributed by atoms with Gasteiger partial charge >= 0.3 is 0 Å². The summed E-state index contributed by atoms with van der Waals surface area (Å²) in [6.07, 6.45) is 7.97. The average molecular weight is 288 g/mol. The Morgan fingerprint density at radius 2 is 2.14 bits per heavy atom. The van der Waals surface area contributed by atoms with Gasteiger partial charge in [0, 0.05) is 36.7 Å². The van der Waals surface area contributed by atoms with E-state index in [9.17, 15) is 0 Å². The second kappa shape index (κ2) is 7.61. The number of hydrogen-bond acceptors (Lipinski definition) is 5. The Bertz CT molecular complexity index is 550. The third-order valence-electron chi connectivity index (χ3n) is 3.43. The molecule has 3 N–H and O–H groups in total. The minimum absolute atomic E-state index is 0.335. The van der Waals surface area contributed by atoms with Crippen molar-refractivity contribution < 1.29 is 0 Å². The normalized spacial score (nSPS) is 10.8. The van der Waals surface area contributed by atoms with Crippen LogP contribution >= 0.6 is 0 Å². The van der Waals surface area contributed by atoms with Crippen LogP contribution in [0.15, 0.2) is 18.5 Å². The Balaban J connectivity index is 2.01. The Hall–Kier alpha value is -2.11. The largest absolute Gasteiger partial charge is 0.370 e. The predicted octanol–water partition coefficient (Wildman–Crippen LogP) is 2.41. The molecule has 2 aromatic heterocycles. The molecule has 0 atom stereocenters. The Morgan fingerprint density at radius 1 is 1.29 bits per heavy atom. The SMILES string of the molecule is CCCCNc1nc(N)nc(C)c1CCCn1cccn1. The zero-order valence-electron chi connectivity index (χ0n) is 12.8. The number of aryl methyl sites for hydroxylation is 2. The molecule has 0 unspecified atom stereocenters. The highest BCUT2D eigenvalue weighted by Gasteiger charge is 2.10. The van der Waals surface area contributed by atoms with E-state index in [2.05, 4.69) is 27.3 Å². The molecule has 0 saturated heterocycles. The molecule has 0 saturated carbocycles. The maximum atomic E-state index is 5.76. The molecule has 2 heterocycles. The van der Waals surface area contributed by atoms with E-state index >= 15 is 0 Å². The molecule has 2 aromatic rings. The fourth-order valence-corrected chi connectivity index (χ4v) is 2.30. The van der Waals surface area contributed by atoms with Crippen LogP contribution in [0.5, 0.6) is 0 Å². The number of nitrogens with zero attached hydrogens (tertiary/aromatic N) is 4. The lowest BCUT2D eigenvalue weighted by atomic mass is 10.1. The van der Waals surface area contributed by atoms with Crippen molar-refractivity contribution in [2.24, 2.45) is 0 Å². The van der Waals surface area contributed by atoms with Gasteiger partial charge in [-0.1, -0.05) is 13.3 Å². The van der Waals surface area contributed by atoms with Gasteiger partial charge in [-0.15, -0.1) is 0 Å². The van der Waals surface area contributed by atoms with Crippen molar-refractivity contribution in [1.29, 1.82) is 0 Å². The topological polar surface area (TPSA) is 81.6 Å². The molecular formula is C15H24N6. The van der Waals surface area contributed by atoms with E-state index in [1.54, 1.807) is 6.20 Å². The van der Waals surface area contributed by atoms with Gasteiger partial charge in [0.25, 0.3) is 0 Å². The molecule has 0 bridgehead atoms. The number of unbranched alkanes of at least 4 members (excludes halogenated alkanes) is 1. The van der Waals surface area contributed by atoms with Crippen LogP contribution in [0.25, 0.3) is 0 Å². The van der Waals surface area contributed by atoms with Gasteiger partial charge in [-0.05, 0) is 32.3 Å². The van der Waals surface area contributed by atoms with Gasteiger partial charge < -0.3 is 11.1 Å². The molecule has 0 aliphatic rings. The monoisotopic (exact) mass is 288 g/mol. The zero-order chi connectivity index (χ0) is 15.1. The Labute approximate surface area is 125 Å². The quantitative estimate of drug-likeness (QED) is 0.729.